The highest BCUT2D eigenvalue weighted by molar-refractivity contribution is 14.0. The summed E-state index contributed by atoms with van der Waals surface area (Å²) in [5, 5.41) is 6.12. The third-order valence-electron chi connectivity index (χ3n) is 3.24. The molecule has 2 N–H and O–H groups in total. The molecule has 0 saturated carbocycles. The average molecular weight is 498 g/mol. The molecule has 0 bridgehead atoms. The molecule has 0 atom stereocenters. The van der Waals surface area contributed by atoms with E-state index in [0.717, 1.165) is 11.1 Å². The van der Waals surface area contributed by atoms with E-state index in [1.165, 1.54) is 24.4 Å². The van der Waals surface area contributed by atoms with Crippen LogP contribution >= 0.6 is 24.0 Å². The van der Waals surface area contributed by atoms with E-state index in [0.29, 0.717) is 19.0 Å². The van der Waals surface area contributed by atoms with Gasteiger partial charge in [0.1, 0.15) is 5.82 Å². The Morgan fingerprint density at radius 2 is 1.63 bits per heavy atom. The number of benzene rings is 1. The lowest BCUT2D eigenvalue weighted by molar-refractivity contribution is -0.154. The Morgan fingerprint density at radius 3 is 2.15 bits per heavy atom. The van der Waals surface area contributed by atoms with Gasteiger partial charge in [0, 0.05) is 32.4 Å². The topological polar surface area (TPSA) is 58.5 Å². The van der Waals surface area contributed by atoms with Crippen LogP contribution in [-0.2, 0) is 13.1 Å². The summed E-state index contributed by atoms with van der Waals surface area (Å²) in [5.74, 6) is 0.128. The van der Waals surface area contributed by atoms with Crippen LogP contribution in [0.4, 0.5) is 17.6 Å². The lowest BCUT2D eigenvalue weighted by Gasteiger charge is -2.12. The Hall–Kier alpha value is -2.11. The maximum Gasteiger partial charge on any atom is 0.422 e. The largest absolute Gasteiger partial charge is 0.468 e. The van der Waals surface area contributed by atoms with Crippen LogP contribution in [0.3, 0.4) is 0 Å². The smallest absolute Gasteiger partial charge is 0.422 e. The summed E-state index contributed by atoms with van der Waals surface area (Å²) < 4.78 is 53.7. The zero-order valence-corrected chi connectivity index (χ0v) is 16.7. The molecule has 27 heavy (non-hydrogen) atoms. The van der Waals surface area contributed by atoms with Crippen molar-refractivity contribution >= 4 is 29.9 Å². The van der Waals surface area contributed by atoms with Crippen LogP contribution in [0.1, 0.15) is 11.1 Å². The number of halogens is 5. The van der Waals surface area contributed by atoms with Gasteiger partial charge >= 0.3 is 6.18 Å². The number of hydrogen-bond donors (Lipinski definition) is 2. The van der Waals surface area contributed by atoms with Crippen molar-refractivity contribution in [2.45, 2.75) is 19.3 Å². The molecule has 1 aromatic carbocycles. The van der Waals surface area contributed by atoms with E-state index in [9.17, 15) is 17.6 Å². The maximum absolute atomic E-state index is 12.9. The van der Waals surface area contributed by atoms with Crippen molar-refractivity contribution in [1.82, 2.24) is 15.6 Å². The average Bonchev–Trinajstić information content (AvgIpc) is 2.62. The Morgan fingerprint density at radius 1 is 1.04 bits per heavy atom. The molecule has 1 aromatic heterocycles. The van der Waals surface area contributed by atoms with Gasteiger partial charge in [-0.25, -0.2) is 9.37 Å². The maximum atomic E-state index is 12.9. The van der Waals surface area contributed by atoms with E-state index in [2.05, 4.69) is 25.3 Å². The highest BCUT2D eigenvalue weighted by Gasteiger charge is 2.28. The molecule has 0 saturated heterocycles. The normalized spacial score (nSPS) is 11.5. The summed E-state index contributed by atoms with van der Waals surface area (Å²) in [7, 11) is 1.60. The molecule has 2 aromatic rings. The van der Waals surface area contributed by atoms with Crippen molar-refractivity contribution in [2.75, 3.05) is 13.7 Å². The molecule has 10 heteroatoms. The minimum atomic E-state index is -4.40. The Kier molecular flexibility index (Phi) is 9.26. The van der Waals surface area contributed by atoms with Crippen LogP contribution in [0, 0.1) is 5.82 Å². The van der Waals surface area contributed by atoms with Gasteiger partial charge in [-0.15, -0.1) is 24.0 Å². The second kappa shape index (κ2) is 10.9. The Balaban J connectivity index is 0.00000364. The van der Waals surface area contributed by atoms with Gasteiger partial charge in [-0.1, -0.05) is 18.2 Å². The molecule has 0 radical (unpaired) electrons. The molecule has 0 unspecified atom stereocenters. The third kappa shape index (κ3) is 8.89. The van der Waals surface area contributed by atoms with Crippen molar-refractivity contribution in [1.29, 1.82) is 0 Å². The van der Waals surface area contributed by atoms with Gasteiger partial charge in [-0.05, 0) is 23.3 Å². The number of ether oxygens (including phenoxy) is 1. The van der Waals surface area contributed by atoms with Crippen LogP contribution in [0.15, 0.2) is 47.6 Å². The molecule has 0 amide bonds. The van der Waals surface area contributed by atoms with Gasteiger partial charge in [-0.2, -0.15) is 13.2 Å². The fourth-order valence-corrected chi connectivity index (χ4v) is 1.95. The van der Waals surface area contributed by atoms with E-state index in [-0.39, 0.29) is 35.7 Å². The summed E-state index contributed by atoms with van der Waals surface area (Å²) in [4.78, 5) is 7.89. The molecule has 0 aliphatic heterocycles. The minimum absolute atomic E-state index is 0. The first-order chi connectivity index (χ1) is 12.4. The van der Waals surface area contributed by atoms with Crippen LogP contribution in [0.25, 0.3) is 0 Å². The number of alkyl halides is 3. The fourth-order valence-electron chi connectivity index (χ4n) is 1.95. The van der Waals surface area contributed by atoms with Gasteiger partial charge in [-0.3, -0.25) is 4.99 Å². The molecule has 0 aliphatic carbocycles. The van der Waals surface area contributed by atoms with Crippen LogP contribution in [0.5, 0.6) is 5.88 Å². The first-order valence-electron chi connectivity index (χ1n) is 7.69. The van der Waals surface area contributed by atoms with Gasteiger partial charge < -0.3 is 15.4 Å². The number of pyridine rings is 1. The van der Waals surface area contributed by atoms with Crippen molar-refractivity contribution in [3.05, 3.63) is 59.5 Å². The van der Waals surface area contributed by atoms with E-state index in [4.69, 9.17) is 0 Å². The standard InChI is InChI=1S/C17H18F4N4O.HI/c1-22-16(24-8-12-2-5-14(18)6-3-12)25-10-13-4-7-15(23-9-13)26-11-17(19,20)21;/h2-7,9H,8,10-11H2,1H3,(H2,22,24,25);1H. The van der Waals surface area contributed by atoms with Crippen molar-refractivity contribution in [2.24, 2.45) is 4.99 Å². The minimum Gasteiger partial charge on any atom is -0.468 e. The van der Waals surface area contributed by atoms with E-state index in [1.54, 1.807) is 25.2 Å². The lowest BCUT2D eigenvalue weighted by atomic mass is 10.2. The third-order valence-corrected chi connectivity index (χ3v) is 3.24. The molecule has 0 fully saturated rings. The van der Waals surface area contributed by atoms with E-state index in [1.807, 2.05) is 0 Å². The zero-order valence-electron chi connectivity index (χ0n) is 14.4. The van der Waals surface area contributed by atoms with Crippen molar-refractivity contribution in [3.8, 4) is 5.88 Å². The molecule has 0 spiro atoms. The molecular weight excluding hydrogens is 479 g/mol. The second-order valence-electron chi connectivity index (χ2n) is 5.31. The molecule has 148 valence electrons. The van der Waals surface area contributed by atoms with Gasteiger partial charge in [0.25, 0.3) is 0 Å². The molecule has 2 rings (SSSR count). The van der Waals surface area contributed by atoms with Gasteiger partial charge in [0.2, 0.25) is 5.88 Å². The van der Waals surface area contributed by atoms with Crippen molar-refractivity contribution in [3.63, 3.8) is 0 Å². The highest BCUT2D eigenvalue weighted by Crippen LogP contribution is 2.17. The SMILES string of the molecule is CN=C(NCc1ccc(F)cc1)NCc1ccc(OCC(F)(F)F)nc1.I. The summed E-state index contributed by atoms with van der Waals surface area (Å²) in [6.07, 6.45) is -2.98. The highest BCUT2D eigenvalue weighted by atomic mass is 127. The van der Waals surface area contributed by atoms with Crippen molar-refractivity contribution < 1.29 is 22.3 Å². The Labute approximate surface area is 171 Å². The first kappa shape index (κ1) is 22.9. The van der Waals surface area contributed by atoms with Gasteiger partial charge in [0.05, 0.1) is 0 Å². The number of guanidine groups is 1. The monoisotopic (exact) mass is 498 g/mol. The Bertz CT molecular complexity index is 721. The second-order valence-corrected chi connectivity index (χ2v) is 5.31. The predicted octanol–water partition coefficient (Wildman–Crippen LogP) is 3.65. The number of aromatic nitrogens is 1. The summed E-state index contributed by atoms with van der Waals surface area (Å²) in [6.45, 7) is -0.546. The molecule has 1 heterocycles. The molecular formula is C17H19F4IN4O. The number of hydrogen-bond acceptors (Lipinski definition) is 3. The van der Waals surface area contributed by atoms with Crippen LogP contribution in [-0.4, -0.2) is 30.8 Å². The number of nitrogens with one attached hydrogen (secondary N) is 2. The van der Waals surface area contributed by atoms with E-state index >= 15 is 0 Å². The van der Waals surface area contributed by atoms with Crippen LogP contribution < -0.4 is 15.4 Å². The van der Waals surface area contributed by atoms with Crippen LogP contribution in [0.2, 0.25) is 0 Å². The fraction of sp³-hybridized carbons (Fsp3) is 0.294. The van der Waals surface area contributed by atoms with Gasteiger partial charge in [0.15, 0.2) is 12.6 Å². The predicted molar refractivity (Wildman–Crippen MR) is 105 cm³/mol. The number of aliphatic imine (C=N–C) groups is 1. The number of rotatable bonds is 6. The zero-order chi connectivity index (χ0) is 19.0. The quantitative estimate of drug-likeness (QED) is 0.277. The summed E-state index contributed by atoms with van der Waals surface area (Å²) in [6, 6.07) is 9.07. The molecule has 5 nitrogen and oxygen atoms in total. The summed E-state index contributed by atoms with van der Waals surface area (Å²) in [5.41, 5.74) is 1.64. The first-order valence-corrected chi connectivity index (χ1v) is 7.69. The lowest BCUT2D eigenvalue weighted by Crippen LogP contribution is -2.36. The number of nitrogens with zero attached hydrogens (tertiary/aromatic N) is 2. The van der Waals surface area contributed by atoms with E-state index < -0.39 is 12.8 Å². The summed E-state index contributed by atoms with van der Waals surface area (Å²) >= 11 is 0. The molecule has 0 aliphatic rings.